The van der Waals surface area contributed by atoms with Crippen LogP contribution in [0.4, 0.5) is 4.79 Å². The lowest BCUT2D eigenvalue weighted by Crippen LogP contribution is -2.62. The second kappa shape index (κ2) is 8.50. The summed E-state index contributed by atoms with van der Waals surface area (Å²) < 4.78 is 5.57. The lowest BCUT2D eigenvalue weighted by molar-refractivity contribution is 0.0161. The first-order chi connectivity index (χ1) is 11.7. The number of nitrogens with zero attached hydrogens (tertiary/aromatic N) is 2. The van der Waals surface area contributed by atoms with E-state index in [0.717, 1.165) is 51.9 Å². The lowest BCUT2D eigenvalue weighted by Gasteiger charge is -2.50. The Hall–Kier alpha value is -0.850. The fourth-order valence-electron chi connectivity index (χ4n) is 4.33. The van der Waals surface area contributed by atoms with Crippen LogP contribution in [0.5, 0.6) is 0 Å². The highest BCUT2D eigenvalue weighted by Crippen LogP contribution is 2.30. The number of urea groups is 1. The number of likely N-dealkylation sites (tertiary alicyclic amines) is 2. The van der Waals surface area contributed by atoms with Crippen LogP contribution in [0.2, 0.25) is 0 Å². The molecule has 0 aromatic carbocycles. The molecule has 0 aliphatic carbocycles. The maximum absolute atomic E-state index is 12.2. The van der Waals surface area contributed by atoms with E-state index in [1.807, 2.05) is 0 Å². The van der Waals surface area contributed by atoms with E-state index in [1.54, 1.807) is 0 Å². The van der Waals surface area contributed by atoms with Crippen molar-refractivity contribution in [2.45, 2.75) is 56.6 Å². The lowest BCUT2D eigenvalue weighted by atomic mass is 9.84. The zero-order valence-electron chi connectivity index (χ0n) is 15.2. The van der Waals surface area contributed by atoms with Gasteiger partial charge in [0, 0.05) is 25.2 Å². The number of hydrogen-bond donors (Lipinski definition) is 2. The van der Waals surface area contributed by atoms with Gasteiger partial charge in [-0.25, -0.2) is 4.79 Å². The third-order valence-corrected chi connectivity index (χ3v) is 6.04. The molecule has 0 bridgehead atoms. The molecule has 1 atom stereocenters. The second-order valence-corrected chi connectivity index (χ2v) is 7.77. The van der Waals surface area contributed by atoms with E-state index in [-0.39, 0.29) is 17.7 Å². The van der Waals surface area contributed by atoms with Crippen molar-refractivity contribution in [1.29, 1.82) is 0 Å². The van der Waals surface area contributed by atoms with Crippen molar-refractivity contribution >= 4 is 6.03 Å². The summed E-state index contributed by atoms with van der Waals surface area (Å²) in [5.74, 6) is 0. The monoisotopic (exact) mass is 338 g/mol. The maximum atomic E-state index is 12.2. The SMILES string of the molecule is CN1CCC(CNC(=O)NC[C@@H]2CCCO2)(N2CCCCC2)CC1. The van der Waals surface area contributed by atoms with E-state index in [4.69, 9.17) is 4.74 Å². The van der Waals surface area contributed by atoms with Crippen molar-refractivity contribution in [1.82, 2.24) is 20.4 Å². The van der Waals surface area contributed by atoms with Gasteiger partial charge in [-0.05, 0) is 71.8 Å². The van der Waals surface area contributed by atoms with Crippen molar-refractivity contribution in [3.05, 3.63) is 0 Å². The molecule has 3 rings (SSSR count). The van der Waals surface area contributed by atoms with Crippen LogP contribution in [0.3, 0.4) is 0 Å². The number of piperidine rings is 2. The summed E-state index contributed by atoms with van der Waals surface area (Å²) in [4.78, 5) is 17.3. The number of nitrogens with one attached hydrogen (secondary N) is 2. The van der Waals surface area contributed by atoms with E-state index in [0.29, 0.717) is 6.54 Å². The molecule has 0 radical (unpaired) electrons. The molecule has 6 nitrogen and oxygen atoms in total. The van der Waals surface area contributed by atoms with Crippen LogP contribution in [-0.2, 0) is 4.74 Å². The Morgan fingerprint density at radius 1 is 1.08 bits per heavy atom. The standard InChI is InChI=1S/C18H34N4O2/c1-21-11-7-18(8-12-21,22-9-3-2-4-10-22)15-20-17(23)19-14-16-6-5-13-24-16/h16H,2-15H2,1H3,(H2,19,20,23)/t16-/m0/s1. The van der Waals surface area contributed by atoms with Crippen LogP contribution in [-0.4, -0.2) is 80.4 Å². The summed E-state index contributed by atoms with van der Waals surface area (Å²) in [7, 11) is 2.20. The average Bonchev–Trinajstić information content (AvgIpc) is 3.14. The number of rotatable bonds is 5. The predicted molar refractivity (Wildman–Crippen MR) is 95.3 cm³/mol. The normalized spacial score (nSPS) is 28.6. The molecule has 0 unspecified atom stereocenters. The maximum Gasteiger partial charge on any atom is 0.314 e. The molecule has 3 heterocycles. The molecule has 6 heteroatoms. The Kier molecular flexibility index (Phi) is 6.36. The van der Waals surface area contributed by atoms with Crippen molar-refractivity contribution < 1.29 is 9.53 Å². The molecular formula is C18H34N4O2. The van der Waals surface area contributed by atoms with E-state index in [2.05, 4.69) is 27.5 Å². The number of amides is 2. The zero-order valence-corrected chi connectivity index (χ0v) is 15.2. The van der Waals surface area contributed by atoms with E-state index < -0.39 is 0 Å². The van der Waals surface area contributed by atoms with Gasteiger partial charge in [0.2, 0.25) is 0 Å². The molecule has 3 saturated heterocycles. The summed E-state index contributed by atoms with van der Waals surface area (Å²) >= 11 is 0. The Balaban J connectivity index is 1.50. The molecule has 138 valence electrons. The third-order valence-electron chi connectivity index (χ3n) is 6.04. The molecule has 3 fully saturated rings. The fourth-order valence-corrected chi connectivity index (χ4v) is 4.33. The van der Waals surface area contributed by atoms with Gasteiger partial charge in [-0.2, -0.15) is 0 Å². The molecule has 2 amide bonds. The third kappa shape index (κ3) is 4.61. The summed E-state index contributed by atoms with van der Waals surface area (Å²) in [6.07, 6.45) is 8.61. The van der Waals surface area contributed by atoms with Gasteiger partial charge in [0.25, 0.3) is 0 Å². The number of carbonyl (C=O) groups is 1. The van der Waals surface area contributed by atoms with Crippen LogP contribution in [0.15, 0.2) is 0 Å². The van der Waals surface area contributed by atoms with Gasteiger partial charge in [-0.15, -0.1) is 0 Å². The Morgan fingerprint density at radius 3 is 2.50 bits per heavy atom. The second-order valence-electron chi connectivity index (χ2n) is 7.77. The van der Waals surface area contributed by atoms with E-state index in [1.165, 1.54) is 32.4 Å². The highest BCUT2D eigenvalue weighted by molar-refractivity contribution is 5.73. The minimum absolute atomic E-state index is 0.0409. The number of hydrogen-bond acceptors (Lipinski definition) is 4. The zero-order chi connectivity index (χ0) is 16.8. The molecule has 0 aromatic heterocycles. The first kappa shape index (κ1) is 18.0. The van der Waals surface area contributed by atoms with E-state index >= 15 is 0 Å². The van der Waals surface area contributed by atoms with Crippen LogP contribution in [0, 0.1) is 0 Å². The van der Waals surface area contributed by atoms with Gasteiger partial charge < -0.3 is 20.3 Å². The first-order valence-corrected chi connectivity index (χ1v) is 9.75. The average molecular weight is 338 g/mol. The summed E-state index contributed by atoms with van der Waals surface area (Å²) in [6.45, 7) is 6.83. The quantitative estimate of drug-likeness (QED) is 0.796. The summed E-state index contributed by atoms with van der Waals surface area (Å²) in [5, 5.41) is 6.15. The van der Waals surface area contributed by atoms with Gasteiger partial charge in [-0.3, -0.25) is 4.90 Å². The molecule has 0 aromatic rings. The molecule has 0 spiro atoms. The van der Waals surface area contributed by atoms with Crippen LogP contribution < -0.4 is 10.6 Å². The van der Waals surface area contributed by atoms with Crippen LogP contribution in [0.1, 0.15) is 44.9 Å². The number of carbonyl (C=O) groups excluding carboxylic acids is 1. The fraction of sp³-hybridized carbons (Fsp3) is 0.944. The van der Waals surface area contributed by atoms with Crippen LogP contribution >= 0.6 is 0 Å². The molecule has 2 N–H and O–H groups in total. The van der Waals surface area contributed by atoms with E-state index in [9.17, 15) is 4.79 Å². The topological polar surface area (TPSA) is 56.8 Å². The minimum atomic E-state index is -0.0409. The summed E-state index contributed by atoms with van der Waals surface area (Å²) in [5.41, 5.74) is 0.147. The van der Waals surface area contributed by atoms with Crippen molar-refractivity contribution in [2.75, 3.05) is 52.9 Å². The van der Waals surface area contributed by atoms with Crippen molar-refractivity contribution in [3.8, 4) is 0 Å². The van der Waals surface area contributed by atoms with Crippen molar-refractivity contribution in [3.63, 3.8) is 0 Å². The molecule has 3 aliphatic heterocycles. The van der Waals surface area contributed by atoms with Gasteiger partial charge >= 0.3 is 6.03 Å². The molecule has 3 aliphatic rings. The minimum Gasteiger partial charge on any atom is -0.376 e. The Bertz CT molecular complexity index is 398. The van der Waals surface area contributed by atoms with Gasteiger partial charge in [0.1, 0.15) is 0 Å². The molecule has 24 heavy (non-hydrogen) atoms. The van der Waals surface area contributed by atoms with Gasteiger partial charge in [-0.1, -0.05) is 6.42 Å². The largest absolute Gasteiger partial charge is 0.376 e. The van der Waals surface area contributed by atoms with Gasteiger partial charge in [0.05, 0.1) is 6.10 Å². The first-order valence-electron chi connectivity index (χ1n) is 9.75. The number of ether oxygens (including phenoxy) is 1. The molecular weight excluding hydrogens is 304 g/mol. The van der Waals surface area contributed by atoms with Crippen molar-refractivity contribution in [2.24, 2.45) is 0 Å². The Morgan fingerprint density at radius 2 is 1.83 bits per heavy atom. The molecule has 0 saturated carbocycles. The Labute approximate surface area is 146 Å². The highest BCUT2D eigenvalue weighted by atomic mass is 16.5. The summed E-state index contributed by atoms with van der Waals surface area (Å²) in [6, 6.07) is -0.0409. The van der Waals surface area contributed by atoms with Crippen LogP contribution in [0.25, 0.3) is 0 Å². The highest BCUT2D eigenvalue weighted by Gasteiger charge is 2.39. The van der Waals surface area contributed by atoms with Gasteiger partial charge in [0.15, 0.2) is 0 Å². The smallest absolute Gasteiger partial charge is 0.314 e. The predicted octanol–water partition coefficient (Wildman–Crippen LogP) is 1.41.